The van der Waals surface area contributed by atoms with Crippen LogP contribution in [0.2, 0.25) is 0 Å². The maximum absolute atomic E-state index is 5.63. The van der Waals surface area contributed by atoms with Gasteiger partial charge in [0.2, 0.25) is 0 Å². The van der Waals surface area contributed by atoms with Crippen molar-refractivity contribution in [2.24, 2.45) is 0 Å². The molecule has 0 unspecified atom stereocenters. The smallest absolute Gasteiger partial charge is 0.0743 e. The summed E-state index contributed by atoms with van der Waals surface area (Å²) in [6.45, 7) is 8.00. The normalized spacial score (nSPS) is 9.13. The van der Waals surface area contributed by atoms with Crippen molar-refractivity contribution in [2.75, 3.05) is 14.2 Å². The number of hydrogen-bond donors (Lipinski definition) is 0. The van der Waals surface area contributed by atoms with Crippen molar-refractivity contribution in [1.29, 1.82) is 0 Å². The number of methoxy groups -OCH3 is 2. The van der Waals surface area contributed by atoms with Crippen molar-refractivity contribution in [3.63, 3.8) is 0 Å². The molecule has 0 saturated carbocycles. The largest absolute Gasteiger partial charge is 0.523 e. The van der Waals surface area contributed by atoms with Crippen molar-refractivity contribution in [3.05, 3.63) is 72.8 Å². The molecule has 152 valence electrons. The first kappa shape index (κ1) is 29.2. The van der Waals surface area contributed by atoms with Crippen LogP contribution in [0.3, 0.4) is 0 Å². The second-order valence-corrected chi connectivity index (χ2v) is 5.57. The molecular formula is C26H28O2Y2-2. The molecule has 4 aromatic rings. The van der Waals surface area contributed by atoms with Crippen LogP contribution in [-0.2, 0) is 65.4 Å². The van der Waals surface area contributed by atoms with Gasteiger partial charge in [0.15, 0.2) is 0 Å². The van der Waals surface area contributed by atoms with E-state index in [1.54, 1.807) is 14.2 Å². The fourth-order valence-corrected chi connectivity index (χ4v) is 3.20. The summed E-state index contributed by atoms with van der Waals surface area (Å²) < 4.78 is 11.3. The molecule has 0 amide bonds. The van der Waals surface area contributed by atoms with E-state index in [2.05, 4.69) is 36.4 Å². The molecule has 0 aliphatic heterocycles. The number of benzene rings is 4. The van der Waals surface area contributed by atoms with E-state index in [-0.39, 0.29) is 65.4 Å². The van der Waals surface area contributed by atoms with Crippen molar-refractivity contribution >= 4 is 21.5 Å². The van der Waals surface area contributed by atoms with Crippen LogP contribution in [0, 0.1) is 12.1 Å². The van der Waals surface area contributed by atoms with E-state index in [1.165, 1.54) is 0 Å². The summed E-state index contributed by atoms with van der Waals surface area (Å²) in [7, 11) is 3.34. The van der Waals surface area contributed by atoms with Crippen LogP contribution in [0.25, 0.3) is 32.7 Å². The van der Waals surface area contributed by atoms with Gasteiger partial charge in [-0.1, -0.05) is 64.1 Å². The minimum atomic E-state index is 0. The summed E-state index contributed by atoms with van der Waals surface area (Å²) in [6.07, 6.45) is 0. The Hall–Kier alpha value is -0.792. The molecule has 4 rings (SSSR count). The van der Waals surface area contributed by atoms with Crippen LogP contribution < -0.4 is 9.47 Å². The van der Waals surface area contributed by atoms with Crippen LogP contribution in [0.4, 0.5) is 0 Å². The van der Waals surface area contributed by atoms with Gasteiger partial charge in [-0.15, -0.1) is 56.9 Å². The van der Waals surface area contributed by atoms with Gasteiger partial charge in [-0.3, -0.25) is 0 Å². The monoisotopic (exact) mass is 550 g/mol. The molecular weight excluding hydrogens is 522 g/mol. The minimum Gasteiger partial charge on any atom is -0.523 e. The van der Waals surface area contributed by atoms with Gasteiger partial charge in [0, 0.05) is 76.9 Å². The van der Waals surface area contributed by atoms with Gasteiger partial charge in [0.05, 0.1) is 14.2 Å². The van der Waals surface area contributed by atoms with E-state index in [4.69, 9.17) is 9.47 Å². The third kappa shape index (κ3) is 6.13. The fourth-order valence-electron chi connectivity index (χ4n) is 3.20. The zero-order chi connectivity index (χ0) is 20.5. The molecule has 30 heavy (non-hydrogen) atoms. The number of rotatable bonds is 3. The third-order valence-corrected chi connectivity index (χ3v) is 4.29. The first-order chi connectivity index (χ1) is 13.8. The Labute approximate surface area is 231 Å². The average molecular weight is 550 g/mol. The molecule has 4 aromatic carbocycles. The Balaban J connectivity index is 0.00000133. The standard InChI is InChI=1S/C22H16O2.2C2H6.2Y/c1-23-19-13-11-15-7-3-5-9-17(15)21(19)22-18-10-6-4-8-16(18)12-14-20(22)24-2;2*1-2;;/h3-12H,1-2H3;2*1-2H3;;/q-2;;;;. The predicted octanol–water partition coefficient (Wildman–Crippen LogP) is 7.32. The van der Waals surface area contributed by atoms with Crippen LogP contribution in [-0.4, -0.2) is 14.2 Å². The summed E-state index contributed by atoms with van der Waals surface area (Å²) in [6, 6.07) is 26.9. The van der Waals surface area contributed by atoms with E-state index in [0.29, 0.717) is 11.5 Å². The molecule has 0 heterocycles. The molecule has 0 bridgehead atoms. The molecule has 0 saturated heterocycles. The van der Waals surface area contributed by atoms with Crippen molar-refractivity contribution in [2.45, 2.75) is 27.7 Å². The molecule has 2 radical (unpaired) electrons. The first-order valence-electron chi connectivity index (χ1n) is 9.78. The second kappa shape index (κ2) is 15.1. The molecule has 0 aromatic heterocycles. The second-order valence-electron chi connectivity index (χ2n) is 5.57. The van der Waals surface area contributed by atoms with E-state index in [1.807, 2.05) is 64.1 Å². The minimum absolute atomic E-state index is 0. The SMILES string of the molecule is CC.CC.COc1[c-]cc2ccccc2c1-c1c(OC)[c-]cc2ccccc12.[Y].[Y]. The summed E-state index contributed by atoms with van der Waals surface area (Å²) in [5, 5.41) is 4.44. The van der Waals surface area contributed by atoms with E-state index < -0.39 is 0 Å². The fraction of sp³-hybridized carbons (Fsp3) is 0.231. The summed E-state index contributed by atoms with van der Waals surface area (Å²) in [5.41, 5.74) is 1.97. The van der Waals surface area contributed by atoms with Crippen molar-refractivity contribution in [1.82, 2.24) is 0 Å². The maximum atomic E-state index is 5.63. The summed E-state index contributed by atoms with van der Waals surface area (Å²) >= 11 is 0. The molecule has 0 N–H and O–H groups in total. The summed E-state index contributed by atoms with van der Waals surface area (Å²) in [5.74, 6) is 1.41. The Kier molecular flexibility index (Phi) is 14.7. The number of ether oxygens (including phenoxy) is 2. The van der Waals surface area contributed by atoms with E-state index in [9.17, 15) is 0 Å². The van der Waals surface area contributed by atoms with Gasteiger partial charge >= 0.3 is 0 Å². The number of hydrogen-bond acceptors (Lipinski definition) is 2. The Bertz CT molecular complexity index is 960. The van der Waals surface area contributed by atoms with Crippen LogP contribution in [0.5, 0.6) is 11.5 Å². The van der Waals surface area contributed by atoms with Crippen LogP contribution in [0.1, 0.15) is 27.7 Å². The van der Waals surface area contributed by atoms with Crippen LogP contribution in [0.15, 0.2) is 60.7 Å². The average Bonchev–Trinajstić information content (AvgIpc) is 2.80. The molecule has 0 aliphatic rings. The summed E-state index contributed by atoms with van der Waals surface area (Å²) in [4.78, 5) is 0. The zero-order valence-corrected chi connectivity index (χ0v) is 24.4. The predicted molar refractivity (Wildman–Crippen MR) is 120 cm³/mol. The zero-order valence-electron chi connectivity index (χ0n) is 18.7. The van der Waals surface area contributed by atoms with Crippen molar-refractivity contribution in [3.8, 4) is 22.6 Å². The van der Waals surface area contributed by atoms with Crippen molar-refractivity contribution < 1.29 is 74.9 Å². The topological polar surface area (TPSA) is 18.5 Å². The maximum Gasteiger partial charge on any atom is 0.0743 e. The van der Waals surface area contributed by atoms with E-state index in [0.717, 1.165) is 32.7 Å². The molecule has 0 fully saturated rings. The molecule has 4 heteroatoms. The van der Waals surface area contributed by atoms with Gasteiger partial charge < -0.3 is 9.47 Å². The van der Waals surface area contributed by atoms with Gasteiger partial charge in [-0.25, -0.2) is 0 Å². The first-order valence-corrected chi connectivity index (χ1v) is 9.78. The molecule has 0 aliphatic carbocycles. The molecule has 0 spiro atoms. The molecule has 2 nitrogen and oxygen atoms in total. The Morgan fingerprint density at radius 1 is 0.567 bits per heavy atom. The Morgan fingerprint density at radius 3 is 1.23 bits per heavy atom. The van der Waals surface area contributed by atoms with Gasteiger partial charge in [-0.05, 0) is 0 Å². The van der Waals surface area contributed by atoms with Gasteiger partial charge in [0.25, 0.3) is 0 Å². The quantitative estimate of drug-likeness (QED) is 0.249. The molecule has 0 atom stereocenters. The van der Waals surface area contributed by atoms with E-state index >= 15 is 0 Å². The van der Waals surface area contributed by atoms with Gasteiger partial charge in [-0.2, -0.15) is 12.1 Å². The van der Waals surface area contributed by atoms with Gasteiger partial charge in [0.1, 0.15) is 0 Å². The number of fused-ring (bicyclic) bond motifs is 2. The third-order valence-electron chi connectivity index (χ3n) is 4.29. The van der Waals surface area contributed by atoms with Crippen LogP contribution >= 0.6 is 0 Å². The Morgan fingerprint density at radius 2 is 0.900 bits per heavy atom.